The van der Waals surface area contributed by atoms with Crippen LogP contribution in [0.3, 0.4) is 0 Å². The van der Waals surface area contributed by atoms with E-state index in [1.54, 1.807) is 0 Å². The highest BCUT2D eigenvalue weighted by Gasteiger charge is 2.04. The van der Waals surface area contributed by atoms with Crippen LogP contribution in [0.5, 0.6) is 0 Å². The Morgan fingerprint density at radius 1 is 1.46 bits per heavy atom. The van der Waals surface area contributed by atoms with E-state index in [9.17, 15) is 9.18 Å². The highest BCUT2D eigenvalue weighted by molar-refractivity contribution is 14.1. The molecule has 0 aliphatic heterocycles. The Balaban J connectivity index is 3.03. The van der Waals surface area contributed by atoms with Crippen molar-refractivity contribution in [2.75, 3.05) is 0 Å². The molecule has 0 aliphatic rings. The maximum Gasteiger partial charge on any atom is 0.208 e. The van der Waals surface area contributed by atoms with Crippen LogP contribution in [0.4, 0.5) is 4.39 Å². The molecule has 13 heavy (non-hydrogen) atoms. The molecule has 3 nitrogen and oxygen atoms in total. The van der Waals surface area contributed by atoms with Gasteiger partial charge in [-0.1, -0.05) is 0 Å². The van der Waals surface area contributed by atoms with Crippen LogP contribution in [0.15, 0.2) is 23.1 Å². The third-order valence-corrected chi connectivity index (χ3v) is 2.53. The highest BCUT2D eigenvalue weighted by Crippen LogP contribution is 2.16. The van der Waals surface area contributed by atoms with Gasteiger partial charge in [-0.05, 0) is 34.7 Å². The molecule has 2 aromatic rings. The normalized spacial score (nSPS) is 10.6. The molecule has 0 bridgehead atoms. The molecule has 0 radical (unpaired) electrons. The SMILES string of the molecule is O=c1cn[nH]c2c(I)cc(F)cc12. The molecule has 0 fully saturated rings. The average Bonchev–Trinajstić information content (AvgIpc) is 2.07. The number of aromatic amines is 1. The van der Waals surface area contributed by atoms with Crippen LogP contribution in [-0.4, -0.2) is 10.2 Å². The van der Waals surface area contributed by atoms with Gasteiger partial charge in [-0.25, -0.2) is 4.39 Å². The summed E-state index contributed by atoms with van der Waals surface area (Å²) in [6.07, 6.45) is 1.14. The van der Waals surface area contributed by atoms with Crippen molar-refractivity contribution in [3.8, 4) is 0 Å². The zero-order valence-corrected chi connectivity index (χ0v) is 8.50. The minimum Gasteiger partial charge on any atom is -0.287 e. The second-order valence-corrected chi connectivity index (χ2v) is 3.71. The third kappa shape index (κ3) is 1.43. The van der Waals surface area contributed by atoms with E-state index in [2.05, 4.69) is 10.2 Å². The van der Waals surface area contributed by atoms with Crippen LogP contribution < -0.4 is 5.43 Å². The Hall–Kier alpha value is -0.980. The van der Waals surface area contributed by atoms with Gasteiger partial charge in [-0.3, -0.25) is 9.89 Å². The number of benzene rings is 1. The molecule has 2 rings (SSSR count). The largest absolute Gasteiger partial charge is 0.287 e. The van der Waals surface area contributed by atoms with Gasteiger partial charge in [0, 0.05) is 3.57 Å². The summed E-state index contributed by atoms with van der Waals surface area (Å²) in [6.45, 7) is 0. The van der Waals surface area contributed by atoms with E-state index in [0.29, 0.717) is 14.5 Å². The second-order valence-electron chi connectivity index (χ2n) is 2.54. The maximum atomic E-state index is 12.9. The standard InChI is InChI=1S/C8H4FIN2O/c9-4-1-5-7(13)3-11-12-8(5)6(10)2-4/h1-3H,(H,12,13). The van der Waals surface area contributed by atoms with E-state index < -0.39 is 5.82 Å². The molecule has 1 aromatic carbocycles. The van der Waals surface area contributed by atoms with E-state index in [1.807, 2.05) is 22.6 Å². The van der Waals surface area contributed by atoms with E-state index in [-0.39, 0.29) is 5.43 Å². The number of H-pyrrole nitrogens is 1. The van der Waals surface area contributed by atoms with Crippen molar-refractivity contribution in [2.24, 2.45) is 0 Å². The average molecular weight is 290 g/mol. The number of fused-ring (bicyclic) bond motifs is 1. The summed E-state index contributed by atoms with van der Waals surface area (Å²) in [7, 11) is 0. The summed E-state index contributed by atoms with van der Waals surface area (Å²) in [5.74, 6) is -0.409. The number of nitrogens with zero attached hydrogens (tertiary/aromatic N) is 1. The number of hydrogen-bond donors (Lipinski definition) is 1. The summed E-state index contributed by atoms with van der Waals surface area (Å²) < 4.78 is 13.6. The van der Waals surface area contributed by atoms with Crippen LogP contribution in [0.1, 0.15) is 0 Å². The number of aromatic nitrogens is 2. The predicted octanol–water partition coefficient (Wildman–Crippen LogP) is 1.67. The monoisotopic (exact) mass is 290 g/mol. The molecule has 0 saturated heterocycles. The van der Waals surface area contributed by atoms with Gasteiger partial charge in [0.15, 0.2) is 0 Å². The molecule has 66 valence electrons. The summed E-state index contributed by atoms with van der Waals surface area (Å²) in [6, 6.07) is 2.55. The van der Waals surface area contributed by atoms with Crippen molar-refractivity contribution in [1.82, 2.24) is 10.2 Å². The molecule has 0 saturated carbocycles. The van der Waals surface area contributed by atoms with Gasteiger partial charge in [0.1, 0.15) is 5.82 Å². The molecule has 0 spiro atoms. The van der Waals surface area contributed by atoms with Crippen LogP contribution >= 0.6 is 22.6 Å². The van der Waals surface area contributed by atoms with Crippen molar-refractivity contribution in [1.29, 1.82) is 0 Å². The van der Waals surface area contributed by atoms with Gasteiger partial charge in [-0.15, -0.1) is 0 Å². The van der Waals surface area contributed by atoms with Gasteiger partial charge in [0.05, 0.1) is 17.1 Å². The quantitative estimate of drug-likeness (QED) is 0.750. The Kier molecular flexibility index (Phi) is 2.03. The Bertz CT molecular complexity index is 523. The van der Waals surface area contributed by atoms with Crippen molar-refractivity contribution in [2.45, 2.75) is 0 Å². The molecule has 1 N–H and O–H groups in total. The molecular formula is C8H4FIN2O. The highest BCUT2D eigenvalue weighted by atomic mass is 127. The van der Waals surface area contributed by atoms with Gasteiger partial charge >= 0.3 is 0 Å². The van der Waals surface area contributed by atoms with E-state index in [0.717, 1.165) is 6.20 Å². The maximum absolute atomic E-state index is 12.9. The molecule has 0 unspecified atom stereocenters. The molecule has 5 heteroatoms. The molecule has 1 heterocycles. The number of halogens is 2. The van der Waals surface area contributed by atoms with Crippen molar-refractivity contribution >= 4 is 33.5 Å². The molecular weight excluding hydrogens is 286 g/mol. The summed E-state index contributed by atoms with van der Waals surface area (Å²) in [4.78, 5) is 11.2. The van der Waals surface area contributed by atoms with E-state index in [1.165, 1.54) is 12.1 Å². The topological polar surface area (TPSA) is 45.8 Å². The van der Waals surface area contributed by atoms with E-state index >= 15 is 0 Å². The Labute approximate surface area is 86.1 Å². The van der Waals surface area contributed by atoms with Crippen LogP contribution in [-0.2, 0) is 0 Å². The molecule has 1 aromatic heterocycles. The number of rotatable bonds is 0. The molecule has 0 atom stereocenters. The van der Waals surface area contributed by atoms with Crippen LogP contribution in [0, 0.1) is 9.39 Å². The van der Waals surface area contributed by atoms with Crippen molar-refractivity contribution < 1.29 is 4.39 Å². The van der Waals surface area contributed by atoms with Gasteiger partial charge in [0.2, 0.25) is 5.43 Å². The van der Waals surface area contributed by atoms with Gasteiger partial charge < -0.3 is 0 Å². The fourth-order valence-electron chi connectivity index (χ4n) is 1.11. The fraction of sp³-hybridized carbons (Fsp3) is 0. The lowest BCUT2D eigenvalue weighted by Crippen LogP contribution is -2.04. The lowest BCUT2D eigenvalue weighted by Gasteiger charge is -1.98. The minimum absolute atomic E-state index is 0.272. The molecule has 0 aliphatic carbocycles. The van der Waals surface area contributed by atoms with Crippen molar-refractivity contribution in [3.05, 3.63) is 37.9 Å². The minimum atomic E-state index is -0.409. The Morgan fingerprint density at radius 3 is 3.00 bits per heavy atom. The first kappa shape index (κ1) is 8.61. The number of hydrogen-bond acceptors (Lipinski definition) is 2. The number of nitrogens with one attached hydrogen (secondary N) is 1. The first-order valence-electron chi connectivity index (χ1n) is 3.51. The summed E-state index contributed by atoms with van der Waals surface area (Å²) in [5, 5.41) is 6.63. The Morgan fingerprint density at radius 2 is 2.23 bits per heavy atom. The second kappa shape index (κ2) is 3.06. The third-order valence-electron chi connectivity index (χ3n) is 1.68. The summed E-state index contributed by atoms with van der Waals surface area (Å²) in [5.41, 5.74) is 0.306. The zero-order chi connectivity index (χ0) is 9.42. The van der Waals surface area contributed by atoms with Gasteiger partial charge in [-0.2, -0.15) is 5.10 Å². The smallest absolute Gasteiger partial charge is 0.208 e. The van der Waals surface area contributed by atoms with Crippen molar-refractivity contribution in [3.63, 3.8) is 0 Å². The first-order valence-corrected chi connectivity index (χ1v) is 4.59. The zero-order valence-electron chi connectivity index (χ0n) is 6.34. The lowest BCUT2D eigenvalue weighted by atomic mass is 10.2. The first-order chi connectivity index (χ1) is 6.18. The summed E-state index contributed by atoms with van der Waals surface area (Å²) >= 11 is 1.95. The predicted molar refractivity (Wildman–Crippen MR) is 55.0 cm³/mol. The van der Waals surface area contributed by atoms with Crippen LogP contribution in [0.25, 0.3) is 10.9 Å². The lowest BCUT2D eigenvalue weighted by molar-refractivity contribution is 0.628. The molecule has 0 amide bonds. The van der Waals surface area contributed by atoms with Crippen LogP contribution in [0.2, 0.25) is 0 Å². The fourth-order valence-corrected chi connectivity index (χ4v) is 1.82. The van der Waals surface area contributed by atoms with Gasteiger partial charge in [0.25, 0.3) is 0 Å². The van der Waals surface area contributed by atoms with E-state index in [4.69, 9.17) is 0 Å².